The Bertz CT molecular complexity index is 1290. The van der Waals surface area contributed by atoms with Crippen LogP contribution in [0.1, 0.15) is 27.9 Å². The molecule has 178 valence electrons. The Labute approximate surface area is 193 Å². The standard InChI is InChI=1S/C22H26N2O7S2/c1-30-20-11-15-6-8-24(13-17(15)12-21(20)31-2)22(25)16-4-3-5-19(10-16)33(28,29)23-18-7-9-32(26,27)14-18/h3-5,10-12,18,23H,6-9,13-14H2,1-2H3/t18-/m1/s1. The van der Waals surface area contributed by atoms with E-state index in [2.05, 4.69) is 4.72 Å². The molecule has 0 saturated carbocycles. The highest BCUT2D eigenvalue weighted by molar-refractivity contribution is 7.92. The lowest BCUT2D eigenvalue weighted by atomic mass is 9.98. The number of amides is 1. The molecule has 1 N–H and O–H groups in total. The molecule has 0 aliphatic carbocycles. The molecule has 1 fully saturated rings. The summed E-state index contributed by atoms with van der Waals surface area (Å²) >= 11 is 0. The predicted octanol–water partition coefficient (Wildman–Crippen LogP) is 1.37. The Kier molecular flexibility index (Phi) is 6.39. The van der Waals surface area contributed by atoms with Crippen molar-refractivity contribution in [2.45, 2.75) is 30.3 Å². The van der Waals surface area contributed by atoms with Gasteiger partial charge in [0.25, 0.3) is 5.91 Å². The van der Waals surface area contributed by atoms with Crippen LogP contribution in [0.15, 0.2) is 41.3 Å². The zero-order valence-corrected chi connectivity index (χ0v) is 20.0. The zero-order valence-electron chi connectivity index (χ0n) is 18.4. The minimum atomic E-state index is -3.96. The van der Waals surface area contributed by atoms with Crippen LogP contribution in [0.5, 0.6) is 11.5 Å². The van der Waals surface area contributed by atoms with Crippen molar-refractivity contribution in [3.05, 3.63) is 53.1 Å². The zero-order chi connectivity index (χ0) is 23.8. The summed E-state index contributed by atoms with van der Waals surface area (Å²) in [5.74, 6) is 0.684. The van der Waals surface area contributed by atoms with Gasteiger partial charge in [0.05, 0.1) is 30.6 Å². The number of sulfonamides is 1. The Balaban J connectivity index is 1.52. The second-order valence-corrected chi connectivity index (χ2v) is 12.1. The monoisotopic (exact) mass is 494 g/mol. The van der Waals surface area contributed by atoms with Crippen molar-refractivity contribution in [3.63, 3.8) is 0 Å². The highest BCUT2D eigenvalue weighted by atomic mass is 32.2. The van der Waals surface area contributed by atoms with Crippen LogP contribution < -0.4 is 14.2 Å². The molecule has 9 nitrogen and oxygen atoms in total. The maximum atomic E-state index is 13.2. The first-order valence-corrected chi connectivity index (χ1v) is 13.8. The average molecular weight is 495 g/mol. The molecule has 2 aliphatic rings. The number of nitrogens with zero attached hydrogens (tertiary/aromatic N) is 1. The van der Waals surface area contributed by atoms with Crippen molar-refractivity contribution in [1.82, 2.24) is 9.62 Å². The van der Waals surface area contributed by atoms with Crippen molar-refractivity contribution in [2.75, 3.05) is 32.3 Å². The highest BCUT2D eigenvalue weighted by Crippen LogP contribution is 2.33. The van der Waals surface area contributed by atoms with E-state index in [0.29, 0.717) is 31.0 Å². The minimum Gasteiger partial charge on any atom is -0.493 e. The maximum Gasteiger partial charge on any atom is 0.254 e. The Hall–Kier alpha value is -2.63. The fraction of sp³-hybridized carbons (Fsp3) is 0.409. The number of hydrogen-bond donors (Lipinski definition) is 1. The lowest BCUT2D eigenvalue weighted by Gasteiger charge is -2.30. The van der Waals surface area contributed by atoms with Gasteiger partial charge in [-0.15, -0.1) is 0 Å². The second kappa shape index (κ2) is 8.96. The van der Waals surface area contributed by atoms with Gasteiger partial charge in [0.2, 0.25) is 10.0 Å². The number of hydrogen-bond acceptors (Lipinski definition) is 7. The third-order valence-corrected chi connectivity index (χ3v) is 9.24. The quantitative estimate of drug-likeness (QED) is 0.644. The number of ether oxygens (including phenoxy) is 2. The van der Waals surface area contributed by atoms with Gasteiger partial charge in [-0.25, -0.2) is 21.6 Å². The Morgan fingerprint density at radius 1 is 1.09 bits per heavy atom. The van der Waals surface area contributed by atoms with Crippen LogP contribution in [0.25, 0.3) is 0 Å². The SMILES string of the molecule is COc1cc2c(cc1OC)CN(C(=O)c1cccc(S(=O)(=O)N[C@@H]3CCS(=O)(=O)C3)c1)CC2. The number of fused-ring (bicyclic) bond motifs is 1. The topological polar surface area (TPSA) is 119 Å². The number of rotatable bonds is 6. The van der Waals surface area contributed by atoms with Crippen molar-refractivity contribution in [3.8, 4) is 11.5 Å². The summed E-state index contributed by atoms with van der Waals surface area (Å²) in [7, 11) is -4.06. The van der Waals surface area contributed by atoms with E-state index in [1.165, 1.54) is 18.2 Å². The Morgan fingerprint density at radius 3 is 2.42 bits per heavy atom. The lowest BCUT2D eigenvalue weighted by molar-refractivity contribution is 0.0734. The van der Waals surface area contributed by atoms with Gasteiger partial charge < -0.3 is 14.4 Å². The van der Waals surface area contributed by atoms with Crippen LogP contribution in [-0.4, -0.2) is 66.0 Å². The smallest absolute Gasteiger partial charge is 0.254 e. The van der Waals surface area contributed by atoms with E-state index >= 15 is 0 Å². The molecule has 33 heavy (non-hydrogen) atoms. The fourth-order valence-corrected chi connectivity index (χ4v) is 7.31. The molecule has 4 rings (SSSR count). The van der Waals surface area contributed by atoms with E-state index in [-0.39, 0.29) is 34.3 Å². The van der Waals surface area contributed by atoms with Crippen LogP contribution in [0.3, 0.4) is 0 Å². The summed E-state index contributed by atoms with van der Waals surface area (Å²) in [5, 5.41) is 0. The number of carbonyl (C=O) groups is 1. The largest absolute Gasteiger partial charge is 0.493 e. The molecule has 2 aromatic carbocycles. The molecule has 1 amide bonds. The molecule has 1 saturated heterocycles. The summed E-state index contributed by atoms with van der Waals surface area (Å²) in [4.78, 5) is 14.8. The molecule has 11 heteroatoms. The first-order valence-electron chi connectivity index (χ1n) is 10.5. The van der Waals surface area contributed by atoms with Gasteiger partial charge in [-0.1, -0.05) is 6.07 Å². The molecule has 0 radical (unpaired) electrons. The van der Waals surface area contributed by atoms with Gasteiger partial charge in [-0.05, 0) is 54.3 Å². The van der Waals surface area contributed by atoms with E-state index in [1.807, 2.05) is 12.1 Å². The molecular weight excluding hydrogens is 468 g/mol. The van der Waals surface area contributed by atoms with Gasteiger partial charge in [-0.3, -0.25) is 4.79 Å². The van der Waals surface area contributed by atoms with Crippen LogP contribution in [-0.2, 0) is 32.8 Å². The summed E-state index contributed by atoms with van der Waals surface area (Å²) < 4.78 is 62.0. The first kappa shape index (κ1) is 23.5. The van der Waals surface area contributed by atoms with Crippen LogP contribution in [0.4, 0.5) is 0 Å². The number of nitrogens with one attached hydrogen (secondary N) is 1. The summed E-state index contributed by atoms with van der Waals surface area (Å²) in [5.41, 5.74) is 2.27. The van der Waals surface area contributed by atoms with Crippen molar-refractivity contribution >= 4 is 25.8 Å². The first-order chi connectivity index (χ1) is 15.6. The molecule has 0 aromatic heterocycles. The molecular formula is C22H26N2O7S2. The van der Waals surface area contributed by atoms with Gasteiger partial charge in [0, 0.05) is 24.7 Å². The molecule has 0 unspecified atom stereocenters. The third-order valence-electron chi connectivity index (χ3n) is 5.95. The van der Waals surface area contributed by atoms with Crippen LogP contribution >= 0.6 is 0 Å². The fourth-order valence-electron chi connectivity index (χ4n) is 4.21. The number of benzene rings is 2. The number of methoxy groups -OCH3 is 2. The summed E-state index contributed by atoms with van der Waals surface area (Å²) in [6.45, 7) is 0.847. The van der Waals surface area contributed by atoms with Gasteiger partial charge in [0.15, 0.2) is 21.3 Å². The van der Waals surface area contributed by atoms with Gasteiger partial charge >= 0.3 is 0 Å². The lowest BCUT2D eigenvalue weighted by Crippen LogP contribution is -2.37. The van der Waals surface area contributed by atoms with Crippen molar-refractivity contribution < 1.29 is 31.1 Å². The maximum absolute atomic E-state index is 13.2. The molecule has 1 atom stereocenters. The number of sulfone groups is 1. The van der Waals surface area contributed by atoms with Gasteiger partial charge in [-0.2, -0.15) is 0 Å². The predicted molar refractivity (Wildman–Crippen MR) is 122 cm³/mol. The van der Waals surface area contributed by atoms with Crippen LogP contribution in [0.2, 0.25) is 0 Å². The molecule has 0 spiro atoms. The molecule has 2 aliphatic heterocycles. The van der Waals surface area contributed by atoms with E-state index in [4.69, 9.17) is 9.47 Å². The average Bonchev–Trinajstić information content (AvgIpc) is 3.14. The molecule has 2 heterocycles. The minimum absolute atomic E-state index is 0.0359. The Morgan fingerprint density at radius 2 is 1.79 bits per heavy atom. The van der Waals surface area contributed by atoms with Crippen molar-refractivity contribution in [2.24, 2.45) is 0 Å². The van der Waals surface area contributed by atoms with Crippen LogP contribution in [0, 0.1) is 0 Å². The van der Waals surface area contributed by atoms with E-state index in [0.717, 1.165) is 11.1 Å². The highest BCUT2D eigenvalue weighted by Gasteiger charge is 2.32. The number of carbonyl (C=O) groups excluding carboxylic acids is 1. The molecule has 2 aromatic rings. The van der Waals surface area contributed by atoms with Gasteiger partial charge in [0.1, 0.15) is 0 Å². The summed E-state index contributed by atoms with van der Waals surface area (Å²) in [6, 6.07) is 8.92. The third kappa shape index (κ3) is 4.99. The summed E-state index contributed by atoms with van der Waals surface area (Å²) in [6.07, 6.45) is 0.874. The normalized spacial score (nSPS) is 19.7. The molecule has 0 bridgehead atoms. The van der Waals surface area contributed by atoms with E-state index in [9.17, 15) is 21.6 Å². The van der Waals surface area contributed by atoms with E-state index < -0.39 is 25.9 Å². The second-order valence-electron chi connectivity index (χ2n) is 8.20. The van der Waals surface area contributed by atoms with E-state index in [1.54, 1.807) is 25.2 Å². The van der Waals surface area contributed by atoms with Crippen molar-refractivity contribution in [1.29, 1.82) is 0 Å².